The van der Waals surface area contributed by atoms with Crippen LogP contribution in [0.25, 0.3) is 10.8 Å². The van der Waals surface area contributed by atoms with Gasteiger partial charge in [0.05, 0.1) is 26.0 Å². The van der Waals surface area contributed by atoms with E-state index in [1.807, 2.05) is 36.4 Å². The number of hydrogen-bond acceptors (Lipinski definition) is 5. The second-order valence-electron chi connectivity index (χ2n) is 6.29. The van der Waals surface area contributed by atoms with Crippen molar-refractivity contribution in [2.45, 2.75) is 6.42 Å². The maximum atomic E-state index is 6.28. The number of morpholine rings is 1. The summed E-state index contributed by atoms with van der Waals surface area (Å²) in [4.78, 5) is 2.22. The molecule has 5 nitrogen and oxygen atoms in total. The van der Waals surface area contributed by atoms with E-state index >= 15 is 0 Å². The molecule has 134 valence electrons. The van der Waals surface area contributed by atoms with E-state index in [2.05, 4.69) is 21.2 Å². The Morgan fingerprint density at radius 1 is 1.08 bits per heavy atom. The predicted molar refractivity (Wildman–Crippen MR) is 103 cm³/mol. The van der Waals surface area contributed by atoms with Crippen LogP contribution in [0.4, 0.5) is 5.82 Å². The van der Waals surface area contributed by atoms with Crippen molar-refractivity contribution in [3.8, 4) is 5.75 Å². The van der Waals surface area contributed by atoms with Gasteiger partial charge in [-0.15, -0.1) is 5.10 Å². The Bertz CT molecular complexity index is 926. The molecule has 0 bridgehead atoms. The summed E-state index contributed by atoms with van der Waals surface area (Å²) in [6, 6.07) is 13.9. The van der Waals surface area contributed by atoms with Gasteiger partial charge in [-0.05, 0) is 35.9 Å². The van der Waals surface area contributed by atoms with E-state index in [1.54, 1.807) is 7.11 Å². The summed E-state index contributed by atoms with van der Waals surface area (Å²) in [6.45, 7) is 3.06. The van der Waals surface area contributed by atoms with Crippen LogP contribution in [0.5, 0.6) is 5.75 Å². The monoisotopic (exact) mass is 369 g/mol. The number of anilines is 1. The highest BCUT2D eigenvalue weighted by Gasteiger charge is 2.18. The third kappa shape index (κ3) is 3.45. The van der Waals surface area contributed by atoms with Gasteiger partial charge in [0, 0.05) is 35.3 Å². The molecule has 0 unspecified atom stereocenters. The number of aromatic nitrogens is 2. The Kier molecular flexibility index (Phi) is 4.91. The fraction of sp³-hybridized carbons (Fsp3) is 0.300. The summed E-state index contributed by atoms with van der Waals surface area (Å²) in [5.74, 6) is 1.73. The van der Waals surface area contributed by atoms with Gasteiger partial charge in [0.2, 0.25) is 0 Å². The Balaban J connectivity index is 1.76. The molecule has 1 aromatic heterocycles. The minimum atomic E-state index is 0.671. The van der Waals surface area contributed by atoms with Crippen molar-refractivity contribution in [2.24, 2.45) is 0 Å². The zero-order valence-corrected chi connectivity index (χ0v) is 15.4. The highest BCUT2D eigenvalue weighted by Crippen LogP contribution is 2.30. The summed E-state index contributed by atoms with van der Waals surface area (Å²) >= 11 is 6.28. The zero-order valence-electron chi connectivity index (χ0n) is 14.6. The van der Waals surface area contributed by atoms with Crippen LogP contribution in [0.1, 0.15) is 11.3 Å². The van der Waals surface area contributed by atoms with Gasteiger partial charge in [-0.25, -0.2) is 0 Å². The van der Waals surface area contributed by atoms with E-state index in [-0.39, 0.29) is 0 Å². The molecule has 0 saturated carbocycles. The SMILES string of the molecule is COc1cccc(Cc2nnc(N3CCOCC3)c3ccc(Cl)cc23)c1. The fourth-order valence-electron chi connectivity index (χ4n) is 3.28. The van der Waals surface area contributed by atoms with E-state index in [9.17, 15) is 0 Å². The van der Waals surface area contributed by atoms with Crippen molar-refractivity contribution in [1.82, 2.24) is 10.2 Å². The quantitative estimate of drug-likeness (QED) is 0.701. The van der Waals surface area contributed by atoms with Gasteiger partial charge in [0.15, 0.2) is 5.82 Å². The first-order chi connectivity index (χ1) is 12.7. The molecule has 1 fully saturated rings. The highest BCUT2D eigenvalue weighted by molar-refractivity contribution is 6.31. The van der Waals surface area contributed by atoms with E-state index in [1.165, 1.54) is 0 Å². The lowest BCUT2D eigenvalue weighted by atomic mass is 10.0. The lowest BCUT2D eigenvalue weighted by Crippen LogP contribution is -2.37. The average Bonchev–Trinajstić information content (AvgIpc) is 2.69. The molecule has 2 heterocycles. The molecule has 1 saturated heterocycles. The number of benzene rings is 2. The third-order valence-electron chi connectivity index (χ3n) is 4.62. The molecule has 1 aliphatic heterocycles. The van der Waals surface area contributed by atoms with Crippen molar-refractivity contribution in [2.75, 3.05) is 38.3 Å². The summed E-state index contributed by atoms with van der Waals surface area (Å²) in [6.07, 6.45) is 0.671. The van der Waals surface area contributed by atoms with Crippen LogP contribution in [-0.2, 0) is 11.2 Å². The fourth-order valence-corrected chi connectivity index (χ4v) is 3.45. The molecule has 0 N–H and O–H groups in total. The molecule has 3 aromatic rings. The number of methoxy groups -OCH3 is 1. The Hall–Kier alpha value is -2.37. The van der Waals surface area contributed by atoms with Crippen LogP contribution >= 0.6 is 11.6 Å². The van der Waals surface area contributed by atoms with Gasteiger partial charge in [-0.2, -0.15) is 5.10 Å². The zero-order chi connectivity index (χ0) is 17.9. The number of fused-ring (bicyclic) bond motifs is 1. The van der Waals surface area contributed by atoms with Gasteiger partial charge in [-0.3, -0.25) is 0 Å². The number of ether oxygens (including phenoxy) is 2. The van der Waals surface area contributed by atoms with E-state index in [4.69, 9.17) is 21.1 Å². The molecule has 1 aliphatic rings. The van der Waals surface area contributed by atoms with E-state index in [0.29, 0.717) is 24.7 Å². The minimum Gasteiger partial charge on any atom is -0.497 e. The first kappa shape index (κ1) is 17.1. The molecule has 0 amide bonds. The predicted octanol–water partition coefficient (Wildman–Crippen LogP) is 3.72. The maximum Gasteiger partial charge on any atom is 0.159 e. The van der Waals surface area contributed by atoms with Crippen LogP contribution < -0.4 is 9.64 Å². The van der Waals surface area contributed by atoms with Crippen molar-refractivity contribution in [1.29, 1.82) is 0 Å². The summed E-state index contributed by atoms with van der Waals surface area (Å²) in [5, 5.41) is 11.9. The minimum absolute atomic E-state index is 0.671. The molecule has 0 spiro atoms. The molecule has 0 aliphatic carbocycles. The average molecular weight is 370 g/mol. The Labute approximate surface area is 157 Å². The van der Waals surface area contributed by atoms with Crippen molar-refractivity contribution in [3.05, 3.63) is 58.7 Å². The second kappa shape index (κ2) is 7.48. The van der Waals surface area contributed by atoms with Crippen molar-refractivity contribution >= 4 is 28.2 Å². The highest BCUT2D eigenvalue weighted by atomic mass is 35.5. The van der Waals surface area contributed by atoms with Gasteiger partial charge in [-0.1, -0.05) is 23.7 Å². The number of halogens is 1. The molecular formula is C20H20ClN3O2. The number of nitrogens with zero attached hydrogens (tertiary/aromatic N) is 3. The normalized spacial score (nSPS) is 14.6. The van der Waals surface area contributed by atoms with Crippen LogP contribution in [0, 0.1) is 0 Å². The third-order valence-corrected chi connectivity index (χ3v) is 4.85. The molecule has 6 heteroatoms. The molecular weight excluding hydrogens is 350 g/mol. The lowest BCUT2D eigenvalue weighted by Gasteiger charge is -2.28. The molecule has 26 heavy (non-hydrogen) atoms. The molecule has 2 aromatic carbocycles. The standard InChI is InChI=1S/C20H20ClN3O2/c1-25-16-4-2-3-14(11-16)12-19-18-13-15(21)5-6-17(18)20(23-22-19)24-7-9-26-10-8-24/h2-6,11,13H,7-10,12H2,1H3. The lowest BCUT2D eigenvalue weighted by molar-refractivity contribution is 0.122. The van der Waals surface area contributed by atoms with E-state index < -0.39 is 0 Å². The topological polar surface area (TPSA) is 47.5 Å². The van der Waals surface area contributed by atoms with Gasteiger partial charge >= 0.3 is 0 Å². The number of hydrogen-bond donors (Lipinski definition) is 0. The largest absolute Gasteiger partial charge is 0.497 e. The molecule has 0 atom stereocenters. The van der Waals surface area contributed by atoms with Gasteiger partial charge in [0.1, 0.15) is 5.75 Å². The van der Waals surface area contributed by atoms with Gasteiger partial charge < -0.3 is 14.4 Å². The van der Waals surface area contributed by atoms with Crippen molar-refractivity contribution < 1.29 is 9.47 Å². The van der Waals surface area contributed by atoms with Crippen LogP contribution in [0.3, 0.4) is 0 Å². The van der Waals surface area contributed by atoms with Crippen molar-refractivity contribution in [3.63, 3.8) is 0 Å². The second-order valence-corrected chi connectivity index (χ2v) is 6.72. The summed E-state index contributed by atoms with van der Waals surface area (Å²) in [7, 11) is 1.67. The van der Waals surface area contributed by atoms with Crippen LogP contribution in [-0.4, -0.2) is 43.6 Å². The Morgan fingerprint density at radius 2 is 1.92 bits per heavy atom. The molecule has 4 rings (SSSR count). The smallest absolute Gasteiger partial charge is 0.159 e. The number of rotatable bonds is 4. The Morgan fingerprint density at radius 3 is 2.73 bits per heavy atom. The van der Waals surface area contributed by atoms with Crippen LogP contribution in [0.15, 0.2) is 42.5 Å². The summed E-state index contributed by atoms with van der Waals surface area (Å²) in [5.41, 5.74) is 2.03. The first-order valence-electron chi connectivity index (χ1n) is 8.65. The first-order valence-corrected chi connectivity index (χ1v) is 9.03. The van der Waals surface area contributed by atoms with Crippen LogP contribution in [0.2, 0.25) is 5.02 Å². The maximum absolute atomic E-state index is 6.28. The summed E-state index contributed by atoms with van der Waals surface area (Å²) < 4.78 is 10.8. The van der Waals surface area contributed by atoms with Gasteiger partial charge in [0.25, 0.3) is 0 Å². The molecule has 0 radical (unpaired) electrons. The van der Waals surface area contributed by atoms with E-state index in [0.717, 1.165) is 46.7 Å².